The summed E-state index contributed by atoms with van der Waals surface area (Å²) in [7, 11) is 0. The highest BCUT2D eigenvalue weighted by molar-refractivity contribution is 7.98. The minimum Gasteiger partial charge on any atom is -0.333 e. The third-order valence-electron chi connectivity index (χ3n) is 2.96. The van der Waals surface area contributed by atoms with Crippen LogP contribution < -0.4 is 0 Å². The number of fused-ring (bicyclic) bond motifs is 1. The van der Waals surface area contributed by atoms with Gasteiger partial charge in [0.1, 0.15) is 0 Å². The Bertz CT molecular complexity index is 916. The van der Waals surface area contributed by atoms with Crippen molar-refractivity contribution in [3.63, 3.8) is 0 Å². The van der Waals surface area contributed by atoms with Crippen molar-refractivity contribution in [3.8, 4) is 10.8 Å². The van der Waals surface area contributed by atoms with Gasteiger partial charge in [-0.15, -0.1) is 11.3 Å². The smallest absolute Gasteiger partial charge is 0.268 e. The minimum atomic E-state index is 0.557. The molecule has 0 atom stereocenters. The first-order chi connectivity index (χ1) is 10.8. The third kappa shape index (κ3) is 2.75. The summed E-state index contributed by atoms with van der Waals surface area (Å²) in [6, 6.07) is 9.49. The Hall–Kier alpha value is -1.83. The zero-order valence-electron chi connectivity index (χ0n) is 11.1. The Morgan fingerprint density at radius 3 is 3.09 bits per heavy atom. The van der Waals surface area contributed by atoms with E-state index in [1.165, 1.54) is 11.8 Å². The van der Waals surface area contributed by atoms with Crippen LogP contribution in [0.2, 0.25) is 5.02 Å². The summed E-state index contributed by atoms with van der Waals surface area (Å²) >= 11 is 9.06. The van der Waals surface area contributed by atoms with E-state index in [-0.39, 0.29) is 0 Å². The quantitative estimate of drug-likeness (QED) is 0.545. The number of hydrogen-bond donors (Lipinski definition) is 1. The number of aromatic amines is 1. The van der Waals surface area contributed by atoms with Crippen LogP contribution in [0.1, 0.15) is 5.82 Å². The number of rotatable bonds is 4. The summed E-state index contributed by atoms with van der Waals surface area (Å²) in [5.41, 5.74) is 1.81. The van der Waals surface area contributed by atoms with Gasteiger partial charge in [-0.05, 0) is 29.6 Å². The average molecular weight is 349 g/mol. The summed E-state index contributed by atoms with van der Waals surface area (Å²) in [6.07, 6.45) is 0. The van der Waals surface area contributed by atoms with Crippen molar-refractivity contribution < 1.29 is 4.52 Å². The highest BCUT2D eigenvalue weighted by Crippen LogP contribution is 2.26. The summed E-state index contributed by atoms with van der Waals surface area (Å²) in [6.45, 7) is 0. The molecule has 0 spiro atoms. The van der Waals surface area contributed by atoms with Gasteiger partial charge in [-0.25, -0.2) is 4.98 Å². The van der Waals surface area contributed by atoms with Gasteiger partial charge in [0.15, 0.2) is 11.0 Å². The summed E-state index contributed by atoms with van der Waals surface area (Å²) in [5.74, 6) is 1.79. The molecule has 4 aromatic rings. The van der Waals surface area contributed by atoms with Crippen LogP contribution in [0.15, 0.2) is 45.4 Å². The number of nitrogens with zero attached hydrogens (tertiary/aromatic N) is 3. The fraction of sp³-hybridized carbons (Fsp3) is 0.0714. The van der Waals surface area contributed by atoms with E-state index in [2.05, 4.69) is 20.1 Å². The predicted molar refractivity (Wildman–Crippen MR) is 88.3 cm³/mol. The molecule has 0 aliphatic carbocycles. The van der Waals surface area contributed by atoms with Crippen molar-refractivity contribution in [1.29, 1.82) is 0 Å². The van der Waals surface area contributed by atoms with Gasteiger partial charge in [0.25, 0.3) is 5.89 Å². The van der Waals surface area contributed by atoms with Crippen molar-refractivity contribution in [2.24, 2.45) is 0 Å². The molecular formula is C14H9ClN4OS2. The van der Waals surface area contributed by atoms with E-state index >= 15 is 0 Å². The zero-order valence-corrected chi connectivity index (χ0v) is 13.5. The maximum absolute atomic E-state index is 5.97. The molecule has 22 heavy (non-hydrogen) atoms. The van der Waals surface area contributed by atoms with E-state index in [0.717, 1.165) is 21.1 Å². The molecule has 0 aliphatic rings. The normalized spacial score (nSPS) is 11.3. The van der Waals surface area contributed by atoms with E-state index in [4.69, 9.17) is 16.1 Å². The second-order valence-corrected chi connectivity index (χ2v) is 6.83. The van der Waals surface area contributed by atoms with E-state index in [1.54, 1.807) is 11.3 Å². The molecule has 0 aliphatic heterocycles. The van der Waals surface area contributed by atoms with Gasteiger partial charge in [0, 0.05) is 5.02 Å². The molecule has 0 bridgehead atoms. The Morgan fingerprint density at radius 1 is 1.27 bits per heavy atom. The van der Waals surface area contributed by atoms with Crippen LogP contribution in [-0.4, -0.2) is 20.1 Å². The van der Waals surface area contributed by atoms with E-state index < -0.39 is 0 Å². The van der Waals surface area contributed by atoms with Crippen molar-refractivity contribution >= 4 is 45.7 Å². The molecular weight excluding hydrogens is 340 g/mol. The number of benzene rings is 1. The van der Waals surface area contributed by atoms with Crippen LogP contribution in [0.5, 0.6) is 0 Å². The number of nitrogens with one attached hydrogen (secondary N) is 1. The van der Waals surface area contributed by atoms with E-state index in [0.29, 0.717) is 22.5 Å². The molecule has 0 saturated heterocycles. The van der Waals surface area contributed by atoms with Gasteiger partial charge in [0.2, 0.25) is 0 Å². The topological polar surface area (TPSA) is 67.6 Å². The van der Waals surface area contributed by atoms with Crippen LogP contribution in [0.4, 0.5) is 0 Å². The highest BCUT2D eigenvalue weighted by Gasteiger charge is 2.11. The highest BCUT2D eigenvalue weighted by atomic mass is 35.5. The number of imidazole rings is 1. The molecule has 3 heterocycles. The molecule has 4 rings (SSSR count). The number of thioether (sulfide) groups is 1. The number of halogens is 1. The number of aromatic nitrogens is 4. The average Bonchev–Trinajstić information content (AvgIpc) is 3.24. The molecule has 0 amide bonds. The van der Waals surface area contributed by atoms with Crippen molar-refractivity contribution in [2.75, 3.05) is 0 Å². The second kappa shape index (κ2) is 5.75. The maximum Gasteiger partial charge on any atom is 0.268 e. The molecule has 3 aromatic heterocycles. The van der Waals surface area contributed by atoms with E-state index in [9.17, 15) is 0 Å². The Labute approximate surface area is 138 Å². The van der Waals surface area contributed by atoms with Gasteiger partial charge in [0.05, 0.1) is 21.7 Å². The Balaban J connectivity index is 1.49. The number of H-pyrrole nitrogens is 1. The van der Waals surface area contributed by atoms with Gasteiger partial charge in [-0.1, -0.05) is 34.6 Å². The Kier molecular flexibility index (Phi) is 3.61. The van der Waals surface area contributed by atoms with Crippen molar-refractivity contribution in [1.82, 2.24) is 20.1 Å². The van der Waals surface area contributed by atoms with Crippen LogP contribution >= 0.6 is 34.7 Å². The standard InChI is InChI=1S/C14H9ClN4OS2/c15-8-3-4-9-10(6-8)17-14(16-9)22-7-12-18-13(20-19-12)11-2-1-5-21-11/h1-6H,7H2,(H,16,17). The second-order valence-electron chi connectivity index (χ2n) is 4.49. The Morgan fingerprint density at radius 2 is 2.23 bits per heavy atom. The minimum absolute atomic E-state index is 0.557. The molecule has 5 nitrogen and oxygen atoms in total. The van der Waals surface area contributed by atoms with Crippen LogP contribution in [-0.2, 0) is 5.75 Å². The maximum atomic E-state index is 5.97. The first kappa shape index (κ1) is 13.8. The SMILES string of the molecule is Clc1ccc2nc(SCc3noc(-c4cccs4)n3)[nH]c2c1. The van der Waals surface area contributed by atoms with Crippen LogP contribution in [0.25, 0.3) is 21.8 Å². The van der Waals surface area contributed by atoms with Crippen LogP contribution in [0, 0.1) is 0 Å². The first-order valence-corrected chi connectivity index (χ1v) is 8.67. The fourth-order valence-corrected chi connectivity index (χ4v) is 3.52. The summed E-state index contributed by atoms with van der Waals surface area (Å²) in [5, 5.41) is 7.46. The van der Waals surface area contributed by atoms with Crippen molar-refractivity contribution in [2.45, 2.75) is 10.9 Å². The number of thiophene rings is 1. The third-order valence-corrected chi connectivity index (χ3v) is 4.92. The van der Waals surface area contributed by atoms with Crippen molar-refractivity contribution in [3.05, 3.63) is 46.6 Å². The molecule has 110 valence electrons. The van der Waals surface area contributed by atoms with E-state index in [1.807, 2.05) is 35.7 Å². The molecule has 0 unspecified atom stereocenters. The molecule has 0 radical (unpaired) electrons. The largest absolute Gasteiger partial charge is 0.333 e. The molecule has 1 aromatic carbocycles. The lowest BCUT2D eigenvalue weighted by Gasteiger charge is -1.91. The van der Waals surface area contributed by atoms with Gasteiger partial charge in [-0.2, -0.15) is 4.98 Å². The van der Waals surface area contributed by atoms with Gasteiger partial charge < -0.3 is 9.51 Å². The lowest BCUT2D eigenvalue weighted by atomic mass is 10.3. The monoisotopic (exact) mass is 348 g/mol. The molecule has 0 saturated carbocycles. The van der Waals surface area contributed by atoms with Gasteiger partial charge >= 0.3 is 0 Å². The number of hydrogen-bond acceptors (Lipinski definition) is 6. The summed E-state index contributed by atoms with van der Waals surface area (Å²) < 4.78 is 5.26. The molecule has 8 heteroatoms. The zero-order chi connectivity index (χ0) is 14.9. The fourth-order valence-electron chi connectivity index (χ4n) is 1.97. The molecule has 0 fully saturated rings. The lowest BCUT2D eigenvalue weighted by molar-refractivity contribution is 0.426. The predicted octanol–water partition coefficient (Wildman–Crippen LogP) is 4.62. The molecule has 1 N–H and O–H groups in total. The van der Waals surface area contributed by atoms with Gasteiger partial charge in [-0.3, -0.25) is 0 Å². The van der Waals surface area contributed by atoms with Crippen LogP contribution in [0.3, 0.4) is 0 Å². The summed E-state index contributed by atoms with van der Waals surface area (Å²) in [4.78, 5) is 13.1. The first-order valence-electron chi connectivity index (χ1n) is 6.42. The lowest BCUT2D eigenvalue weighted by Crippen LogP contribution is -1.84.